The van der Waals surface area contributed by atoms with Gasteiger partial charge in [0.15, 0.2) is 0 Å². The molecule has 1 fully saturated rings. The lowest BCUT2D eigenvalue weighted by atomic mass is 9.98. The maximum absolute atomic E-state index is 12.6. The number of ether oxygens (including phenoxy) is 2. The summed E-state index contributed by atoms with van der Waals surface area (Å²) in [6.07, 6.45) is 3.83. The van der Waals surface area contributed by atoms with Crippen molar-refractivity contribution < 1.29 is 24.2 Å². The molecule has 2 N–H and O–H groups in total. The first-order valence-electron chi connectivity index (χ1n) is 10.4. The van der Waals surface area contributed by atoms with Crippen LogP contribution in [-0.2, 0) is 16.1 Å². The predicted octanol–water partition coefficient (Wildman–Crippen LogP) is 2.20. The molecular weight excluding hydrogens is 424 g/mol. The molecule has 33 heavy (non-hydrogen) atoms. The van der Waals surface area contributed by atoms with Gasteiger partial charge in [-0.05, 0) is 35.4 Å². The van der Waals surface area contributed by atoms with Crippen molar-refractivity contribution in [1.82, 2.24) is 14.9 Å². The van der Waals surface area contributed by atoms with Gasteiger partial charge in [-0.2, -0.15) is 0 Å². The number of carbonyl (C=O) groups is 2. The van der Waals surface area contributed by atoms with Crippen LogP contribution < -0.4 is 10.1 Å². The molecule has 0 unspecified atom stereocenters. The summed E-state index contributed by atoms with van der Waals surface area (Å²) >= 11 is 0. The van der Waals surface area contributed by atoms with E-state index in [0.29, 0.717) is 12.2 Å². The number of amides is 2. The topological polar surface area (TPSA) is 114 Å². The third kappa shape index (κ3) is 5.16. The maximum atomic E-state index is 12.6. The number of morpholine rings is 1. The van der Waals surface area contributed by atoms with E-state index in [1.807, 2.05) is 24.3 Å². The minimum atomic E-state index is -0.548. The summed E-state index contributed by atoms with van der Waals surface area (Å²) in [5.41, 5.74) is 2.51. The van der Waals surface area contributed by atoms with Crippen molar-refractivity contribution in [2.75, 3.05) is 25.6 Å². The van der Waals surface area contributed by atoms with Gasteiger partial charge < -0.3 is 24.8 Å². The predicted molar refractivity (Wildman–Crippen MR) is 120 cm³/mol. The minimum Gasteiger partial charge on any atom is -0.497 e. The van der Waals surface area contributed by atoms with E-state index in [9.17, 15) is 14.7 Å². The van der Waals surface area contributed by atoms with Gasteiger partial charge in [-0.3, -0.25) is 14.6 Å². The van der Waals surface area contributed by atoms with E-state index >= 15 is 0 Å². The Kier molecular flexibility index (Phi) is 6.92. The zero-order chi connectivity index (χ0) is 23.2. The van der Waals surface area contributed by atoms with Gasteiger partial charge in [0.2, 0.25) is 5.91 Å². The van der Waals surface area contributed by atoms with Crippen LogP contribution >= 0.6 is 0 Å². The molecule has 2 heterocycles. The van der Waals surface area contributed by atoms with Gasteiger partial charge in [-0.15, -0.1) is 0 Å². The molecule has 1 aromatic heterocycles. The molecule has 0 spiro atoms. The smallest absolute Gasteiger partial charge is 0.275 e. The van der Waals surface area contributed by atoms with Crippen LogP contribution in [0.25, 0.3) is 0 Å². The monoisotopic (exact) mass is 448 g/mol. The van der Waals surface area contributed by atoms with Crippen LogP contribution in [0.3, 0.4) is 0 Å². The molecule has 9 heteroatoms. The molecule has 2 amide bonds. The van der Waals surface area contributed by atoms with Gasteiger partial charge in [-0.25, -0.2) is 4.98 Å². The molecule has 3 aromatic rings. The molecule has 4 rings (SSSR count). The lowest BCUT2D eigenvalue weighted by molar-refractivity contribution is -0.162. The van der Waals surface area contributed by atoms with Crippen molar-refractivity contribution in [3.05, 3.63) is 83.9 Å². The van der Waals surface area contributed by atoms with Crippen LogP contribution in [0.4, 0.5) is 5.69 Å². The molecule has 0 bridgehead atoms. The summed E-state index contributed by atoms with van der Waals surface area (Å²) in [6, 6.07) is 14.0. The number of carbonyl (C=O) groups excluding carboxylic acids is 2. The van der Waals surface area contributed by atoms with Crippen LogP contribution in [0.1, 0.15) is 27.7 Å². The molecule has 0 radical (unpaired) electrons. The van der Waals surface area contributed by atoms with Crippen LogP contribution in [0.2, 0.25) is 0 Å². The van der Waals surface area contributed by atoms with E-state index < -0.39 is 12.1 Å². The molecule has 2 atom stereocenters. The largest absolute Gasteiger partial charge is 0.497 e. The summed E-state index contributed by atoms with van der Waals surface area (Å²) in [5.74, 6) is 0.179. The Bertz CT molecular complexity index is 1090. The highest BCUT2D eigenvalue weighted by Crippen LogP contribution is 2.31. The number of rotatable bonds is 7. The van der Waals surface area contributed by atoms with E-state index in [4.69, 9.17) is 9.47 Å². The van der Waals surface area contributed by atoms with Crippen molar-refractivity contribution in [2.45, 2.75) is 18.7 Å². The van der Waals surface area contributed by atoms with Gasteiger partial charge >= 0.3 is 0 Å². The summed E-state index contributed by atoms with van der Waals surface area (Å²) < 4.78 is 11.0. The number of nitrogens with one attached hydrogen (secondary N) is 1. The first-order valence-corrected chi connectivity index (χ1v) is 10.4. The zero-order valence-corrected chi connectivity index (χ0v) is 18.0. The highest BCUT2D eigenvalue weighted by Gasteiger charge is 2.37. The minimum absolute atomic E-state index is 0.0809. The quantitative estimate of drug-likeness (QED) is 0.570. The molecule has 170 valence electrons. The Balaban J connectivity index is 1.47. The first kappa shape index (κ1) is 22.4. The maximum Gasteiger partial charge on any atom is 0.275 e. The number of benzene rings is 2. The van der Waals surface area contributed by atoms with Gasteiger partial charge in [0.05, 0.1) is 26.0 Å². The summed E-state index contributed by atoms with van der Waals surface area (Å²) in [5, 5.41) is 12.9. The normalized spacial score (nSPS) is 18.1. The number of hydrogen-bond acceptors (Lipinski definition) is 7. The fourth-order valence-electron chi connectivity index (χ4n) is 3.72. The van der Waals surface area contributed by atoms with Crippen molar-refractivity contribution in [1.29, 1.82) is 0 Å². The third-order valence-corrected chi connectivity index (χ3v) is 5.45. The van der Waals surface area contributed by atoms with Crippen LogP contribution in [0, 0.1) is 0 Å². The fraction of sp³-hybridized carbons (Fsp3) is 0.250. The summed E-state index contributed by atoms with van der Waals surface area (Å²) in [7, 11) is 1.60. The molecule has 0 aliphatic carbocycles. The average molecular weight is 448 g/mol. The first-order chi connectivity index (χ1) is 16.1. The Morgan fingerprint density at radius 3 is 2.58 bits per heavy atom. The number of aliphatic hydroxyl groups is 1. The molecule has 2 aromatic carbocycles. The molecule has 1 saturated heterocycles. The lowest BCUT2D eigenvalue weighted by Gasteiger charge is -2.40. The molecule has 9 nitrogen and oxygen atoms in total. The van der Waals surface area contributed by atoms with E-state index in [-0.39, 0.29) is 30.7 Å². The molecule has 0 saturated carbocycles. The fourth-order valence-corrected chi connectivity index (χ4v) is 3.72. The number of hydrogen-bond donors (Lipinski definition) is 2. The number of aliphatic hydroxyl groups excluding tert-OH is 1. The Labute approximate surface area is 191 Å². The highest BCUT2D eigenvalue weighted by molar-refractivity contribution is 6.02. The van der Waals surface area contributed by atoms with E-state index in [2.05, 4.69) is 15.3 Å². The Morgan fingerprint density at radius 1 is 1.18 bits per heavy atom. The number of anilines is 1. The second-order valence-electron chi connectivity index (χ2n) is 7.52. The zero-order valence-electron chi connectivity index (χ0n) is 18.0. The SMILES string of the molecule is COc1ccc(CN2C(=O)CO[C@H](c3ccc(NC(=O)c4cnccn4)cc3)[C@H]2CO)cc1. The Morgan fingerprint density at radius 2 is 1.94 bits per heavy atom. The van der Waals surface area contributed by atoms with E-state index in [1.54, 1.807) is 36.3 Å². The van der Waals surface area contributed by atoms with Gasteiger partial charge in [0.25, 0.3) is 5.91 Å². The second kappa shape index (κ2) is 10.2. The van der Waals surface area contributed by atoms with Gasteiger partial charge in [-0.1, -0.05) is 24.3 Å². The molecule has 1 aliphatic rings. The van der Waals surface area contributed by atoms with E-state index in [0.717, 1.165) is 16.9 Å². The average Bonchev–Trinajstić information content (AvgIpc) is 2.86. The number of methoxy groups -OCH3 is 1. The lowest BCUT2D eigenvalue weighted by Crippen LogP contribution is -2.52. The van der Waals surface area contributed by atoms with Crippen LogP contribution in [0.15, 0.2) is 67.1 Å². The van der Waals surface area contributed by atoms with Crippen molar-refractivity contribution in [3.8, 4) is 5.75 Å². The molecular formula is C24H24N4O5. The Hall–Kier alpha value is -3.82. The summed E-state index contributed by atoms with van der Waals surface area (Å²) in [4.78, 5) is 34.4. The van der Waals surface area contributed by atoms with Crippen molar-refractivity contribution >= 4 is 17.5 Å². The van der Waals surface area contributed by atoms with Crippen molar-refractivity contribution in [3.63, 3.8) is 0 Å². The highest BCUT2D eigenvalue weighted by atomic mass is 16.5. The van der Waals surface area contributed by atoms with Crippen LogP contribution in [-0.4, -0.2) is 58.2 Å². The van der Waals surface area contributed by atoms with E-state index in [1.165, 1.54) is 18.6 Å². The molecule has 1 aliphatic heterocycles. The van der Waals surface area contributed by atoms with Crippen LogP contribution in [0.5, 0.6) is 5.75 Å². The third-order valence-electron chi connectivity index (χ3n) is 5.45. The van der Waals surface area contributed by atoms with Crippen molar-refractivity contribution in [2.24, 2.45) is 0 Å². The van der Waals surface area contributed by atoms with Gasteiger partial charge in [0.1, 0.15) is 24.2 Å². The summed E-state index contributed by atoms with van der Waals surface area (Å²) in [6.45, 7) is 0.0143. The number of aromatic nitrogens is 2. The van der Waals surface area contributed by atoms with Gasteiger partial charge in [0, 0.05) is 24.6 Å². The standard InChI is InChI=1S/C24H24N4O5/c1-32-19-8-2-16(3-9-19)13-28-21(14-29)23(33-15-22(28)30)17-4-6-18(7-5-17)27-24(31)20-12-25-10-11-26-20/h2-12,21,23,29H,13-15H2,1H3,(H,27,31)/t21-,23-/m1/s1. The number of nitrogens with zero attached hydrogens (tertiary/aromatic N) is 3. The second-order valence-corrected chi connectivity index (χ2v) is 7.52.